The summed E-state index contributed by atoms with van der Waals surface area (Å²) in [6.07, 6.45) is 81.8. The Labute approximate surface area is 619 Å². The average molecular weight is 1470 g/mol. The molecule has 17 nitrogen and oxygen atoms in total. The fraction of sp³-hybridized carbons (Fsp3) is 0.711. The first kappa shape index (κ1) is 97.5. The quantitative estimate of drug-likeness (QED) is 0.0169. The van der Waals surface area contributed by atoms with Gasteiger partial charge in [0.15, 0.2) is 12.2 Å². The third kappa shape index (κ3) is 73.8. The van der Waals surface area contributed by atoms with Crippen molar-refractivity contribution in [3.8, 4) is 0 Å². The van der Waals surface area contributed by atoms with Gasteiger partial charge in [0.1, 0.15) is 19.3 Å². The van der Waals surface area contributed by atoms with Crippen LogP contribution in [0.25, 0.3) is 0 Å². The Morgan fingerprint density at radius 1 is 0.284 bits per heavy atom. The van der Waals surface area contributed by atoms with Crippen LogP contribution in [0.2, 0.25) is 0 Å². The van der Waals surface area contributed by atoms with Gasteiger partial charge in [-0.3, -0.25) is 37.3 Å². The van der Waals surface area contributed by atoms with Crippen LogP contribution in [-0.4, -0.2) is 96.7 Å². The van der Waals surface area contributed by atoms with Crippen molar-refractivity contribution < 1.29 is 80.2 Å². The van der Waals surface area contributed by atoms with Crippen molar-refractivity contribution >= 4 is 39.5 Å². The van der Waals surface area contributed by atoms with Crippen molar-refractivity contribution in [2.75, 3.05) is 39.6 Å². The van der Waals surface area contributed by atoms with Crippen LogP contribution in [0.5, 0.6) is 0 Å². The highest BCUT2D eigenvalue weighted by Crippen LogP contribution is 2.45. The lowest BCUT2D eigenvalue weighted by atomic mass is 10.0. The van der Waals surface area contributed by atoms with Gasteiger partial charge in [-0.05, 0) is 128 Å². The van der Waals surface area contributed by atoms with Crippen molar-refractivity contribution in [2.24, 2.45) is 0 Å². The largest absolute Gasteiger partial charge is 0.472 e. The van der Waals surface area contributed by atoms with Crippen molar-refractivity contribution in [1.82, 2.24) is 0 Å². The topological polar surface area (TPSA) is 237 Å². The fourth-order valence-electron chi connectivity index (χ4n) is 10.4. The van der Waals surface area contributed by atoms with Crippen LogP contribution < -0.4 is 0 Å². The number of phosphoric acid groups is 2. The Kier molecular flexibility index (Phi) is 71.4. The highest BCUT2D eigenvalue weighted by molar-refractivity contribution is 7.47. The van der Waals surface area contributed by atoms with Crippen molar-refractivity contribution in [3.05, 3.63) is 122 Å². The lowest BCUT2D eigenvalue weighted by Crippen LogP contribution is -2.30. The van der Waals surface area contributed by atoms with E-state index < -0.39 is 97.5 Å². The summed E-state index contributed by atoms with van der Waals surface area (Å²) in [6.45, 7) is 4.57. The molecule has 586 valence electrons. The van der Waals surface area contributed by atoms with Gasteiger partial charge < -0.3 is 33.8 Å². The molecule has 0 aliphatic rings. The van der Waals surface area contributed by atoms with E-state index >= 15 is 0 Å². The third-order valence-electron chi connectivity index (χ3n) is 16.4. The summed E-state index contributed by atoms with van der Waals surface area (Å²) in [6, 6.07) is 0. The van der Waals surface area contributed by atoms with E-state index in [2.05, 4.69) is 137 Å². The van der Waals surface area contributed by atoms with Gasteiger partial charge >= 0.3 is 39.5 Å². The number of ether oxygens (including phenoxy) is 4. The molecule has 0 aliphatic carbocycles. The van der Waals surface area contributed by atoms with E-state index in [4.69, 9.17) is 37.0 Å². The van der Waals surface area contributed by atoms with Gasteiger partial charge in [-0.15, -0.1) is 0 Å². The number of phosphoric ester groups is 2. The minimum Gasteiger partial charge on any atom is -0.462 e. The number of unbranched alkanes of at least 4 members (excludes halogenated alkanes) is 28. The molecule has 5 atom stereocenters. The third-order valence-corrected chi connectivity index (χ3v) is 18.3. The number of esters is 4. The first-order valence-electron chi connectivity index (χ1n) is 39.8. The molecule has 0 saturated carbocycles. The predicted octanol–water partition coefficient (Wildman–Crippen LogP) is 23.1. The molecule has 19 heteroatoms. The van der Waals surface area contributed by atoms with Crippen LogP contribution in [0.4, 0.5) is 0 Å². The van der Waals surface area contributed by atoms with Gasteiger partial charge in [0.2, 0.25) is 0 Å². The maximum Gasteiger partial charge on any atom is 0.472 e. The average Bonchev–Trinajstić information content (AvgIpc) is 0.907. The van der Waals surface area contributed by atoms with Crippen LogP contribution in [0.3, 0.4) is 0 Å². The summed E-state index contributed by atoms with van der Waals surface area (Å²) in [7, 11) is -9.97. The van der Waals surface area contributed by atoms with E-state index in [9.17, 15) is 43.2 Å². The molecule has 102 heavy (non-hydrogen) atoms. The van der Waals surface area contributed by atoms with Gasteiger partial charge in [0.25, 0.3) is 0 Å². The van der Waals surface area contributed by atoms with Crippen LogP contribution in [0.1, 0.15) is 323 Å². The second-order valence-corrected chi connectivity index (χ2v) is 29.2. The van der Waals surface area contributed by atoms with E-state index in [1.807, 2.05) is 12.2 Å². The fourth-order valence-corrected chi connectivity index (χ4v) is 12.0. The Bertz CT molecular complexity index is 2410. The van der Waals surface area contributed by atoms with Gasteiger partial charge in [-0.25, -0.2) is 9.13 Å². The van der Waals surface area contributed by atoms with Crippen molar-refractivity contribution in [3.63, 3.8) is 0 Å². The molecule has 0 aromatic rings. The summed E-state index contributed by atoms with van der Waals surface area (Å²) in [4.78, 5) is 73.0. The minimum atomic E-state index is -4.99. The number of allylic oxidation sites excluding steroid dienone is 20. The Morgan fingerprint density at radius 3 is 0.843 bits per heavy atom. The van der Waals surface area contributed by atoms with Gasteiger partial charge in [0, 0.05) is 25.7 Å². The molecule has 0 aromatic carbocycles. The molecular formula is C83H142O17P2. The van der Waals surface area contributed by atoms with Crippen LogP contribution in [-0.2, 0) is 65.4 Å². The Morgan fingerprint density at radius 2 is 0.520 bits per heavy atom. The highest BCUT2D eigenvalue weighted by atomic mass is 31.2. The number of hydrogen-bond acceptors (Lipinski definition) is 15. The van der Waals surface area contributed by atoms with E-state index in [-0.39, 0.29) is 25.7 Å². The number of hydrogen-bond donors (Lipinski definition) is 3. The lowest BCUT2D eigenvalue weighted by molar-refractivity contribution is -0.161. The molecule has 0 heterocycles. The second-order valence-electron chi connectivity index (χ2n) is 26.2. The second kappa shape index (κ2) is 74.7. The van der Waals surface area contributed by atoms with Gasteiger partial charge in [-0.2, -0.15) is 0 Å². The molecule has 0 aromatic heterocycles. The summed E-state index contributed by atoms with van der Waals surface area (Å²) >= 11 is 0. The van der Waals surface area contributed by atoms with Gasteiger partial charge in [0.05, 0.1) is 26.4 Å². The minimum absolute atomic E-state index is 0.0791. The molecule has 0 spiro atoms. The van der Waals surface area contributed by atoms with E-state index in [1.54, 1.807) is 0 Å². The van der Waals surface area contributed by atoms with Gasteiger partial charge in [-0.1, -0.05) is 290 Å². The molecule has 0 saturated heterocycles. The summed E-state index contributed by atoms with van der Waals surface area (Å²) in [5.74, 6) is -2.26. The number of rotatable bonds is 74. The zero-order valence-corrected chi connectivity index (χ0v) is 65.8. The Hall–Kier alpha value is -4.54. The molecular weight excluding hydrogens is 1330 g/mol. The molecule has 0 radical (unpaired) electrons. The summed E-state index contributed by atoms with van der Waals surface area (Å²) < 4.78 is 68.5. The number of carbonyl (C=O) groups excluding carboxylic acids is 4. The molecule has 0 bridgehead atoms. The van der Waals surface area contributed by atoms with E-state index in [0.29, 0.717) is 32.1 Å². The molecule has 5 unspecified atom stereocenters. The Balaban J connectivity index is 5.38. The monoisotopic (exact) mass is 1470 g/mol. The molecule has 0 rings (SSSR count). The molecule has 0 fully saturated rings. The number of carbonyl (C=O) groups is 4. The number of aliphatic hydroxyl groups is 1. The normalized spacial score (nSPS) is 14.5. The van der Waals surface area contributed by atoms with E-state index in [0.717, 1.165) is 161 Å². The SMILES string of the molecule is CC/C=C\C/C=C\C/C=C\C/C=C\C/C=C\CCCC(=O)OCC(COP(=O)(O)OCC(O)COP(=O)(O)OCC(COC(=O)CCCCCCCC/C=C\C/C=C\C/C=C\C/C=C\CC)OC(=O)CCCCCCC/C=C\CCCCCC)OC(=O)CCCCCCCCCCCCCCC. The molecule has 3 N–H and O–H groups in total. The molecule has 0 aliphatic heterocycles. The van der Waals surface area contributed by atoms with Crippen LogP contribution in [0.15, 0.2) is 122 Å². The zero-order chi connectivity index (χ0) is 74.6. The van der Waals surface area contributed by atoms with Crippen LogP contribution >= 0.6 is 15.6 Å². The lowest BCUT2D eigenvalue weighted by Gasteiger charge is -2.21. The standard InChI is InChI=1S/C83H142O17P2/c1-5-9-13-17-21-25-29-33-35-37-38-40-42-46-48-52-56-60-64-68-81(86)94-74-79(100-83(88)70-66-62-58-54-50-44-32-28-24-20-16-12-8-4)76-98-102(91,92)96-72-77(84)71-95-101(89,90)97-75-78(99-82(87)69-65-61-57-53-49-43-31-27-23-19-15-11-7-3)73-93-80(85)67-63-59-55-51-47-45-41-39-36-34-30-26-22-18-14-10-6-2/h9-10,13-14,21-22,25-26,28,32-36,38,40-41,45,51,55,77-79,84H,5-8,11-12,15-20,23-24,27,29-31,37,39,42-44,46-50,52-54,56-76H2,1-4H3,(H,89,90)(H,91,92)/b13-9-,14-10-,25-21-,26-22-,32-28-,35-33-,36-34-,40-38-,45-41-,55-51-. The predicted molar refractivity (Wildman–Crippen MR) is 418 cm³/mol. The summed E-state index contributed by atoms with van der Waals surface area (Å²) in [5.41, 5.74) is 0. The molecule has 0 amide bonds. The van der Waals surface area contributed by atoms with E-state index in [1.165, 1.54) is 77.0 Å². The number of aliphatic hydroxyl groups excluding tert-OH is 1. The highest BCUT2D eigenvalue weighted by Gasteiger charge is 2.30. The van der Waals surface area contributed by atoms with Crippen molar-refractivity contribution in [1.29, 1.82) is 0 Å². The van der Waals surface area contributed by atoms with Crippen molar-refractivity contribution in [2.45, 2.75) is 341 Å². The summed E-state index contributed by atoms with van der Waals surface area (Å²) in [5, 5.41) is 10.6. The first-order valence-corrected chi connectivity index (χ1v) is 42.8. The first-order chi connectivity index (χ1) is 49.7. The zero-order valence-electron chi connectivity index (χ0n) is 64.0. The maximum atomic E-state index is 13.1. The smallest absolute Gasteiger partial charge is 0.462 e. The maximum absolute atomic E-state index is 13.1. The van der Waals surface area contributed by atoms with Crippen LogP contribution in [0, 0.1) is 0 Å².